The van der Waals surface area contributed by atoms with Crippen molar-refractivity contribution in [3.8, 4) is 23.0 Å². The summed E-state index contributed by atoms with van der Waals surface area (Å²) in [6.07, 6.45) is 0.873. The van der Waals surface area contributed by atoms with Crippen LogP contribution in [0.1, 0.15) is 28.3 Å². The van der Waals surface area contributed by atoms with E-state index in [1.165, 1.54) is 22.3 Å². The van der Waals surface area contributed by atoms with E-state index in [1.54, 1.807) is 28.4 Å². The van der Waals surface area contributed by atoms with Crippen LogP contribution in [-0.4, -0.2) is 33.3 Å². The number of nitrogens with zero attached hydrogens (tertiary/aromatic N) is 1. The quantitative estimate of drug-likeness (QED) is 0.538. The molecule has 0 fully saturated rings. The topological polar surface area (TPSA) is 40.2 Å². The van der Waals surface area contributed by atoms with Crippen LogP contribution in [0.2, 0.25) is 0 Å². The van der Waals surface area contributed by atoms with Gasteiger partial charge in [-0.2, -0.15) is 0 Å². The molecular formula is C26H29NO4. The molecule has 5 heteroatoms. The van der Waals surface area contributed by atoms with Gasteiger partial charge in [0.25, 0.3) is 0 Å². The molecule has 0 N–H and O–H groups in total. The molecule has 1 unspecified atom stereocenters. The lowest BCUT2D eigenvalue weighted by atomic mass is 9.89. The molecule has 0 amide bonds. The van der Waals surface area contributed by atoms with E-state index in [-0.39, 0.29) is 6.04 Å². The van der Waals surface area contributed by atoms with Gasteiger partial charge in [-0.15, -0.1) is 0 Å². The van der Waals surface area contributed by atoms with Gasteiger partial charge in [-0.3, -0.25) is 4.90 Å². The lowest BCUT2D eigenvalue weighted by Crippen LogP contribution is -2.34. The predicted octanol–water partition coefficient (Wildman–Crippen LogP) is 5.02. The number of fused-ring (bicyclic) bond motifs is 1. The van der Waals surface area contributed by atoms with E-state index in [2.05, 4.69) is 59.5 Å². The molecule has 3 aromatic carbocycles. The maximum absolute atomic E-state index is 5.58. The van der Waals surface area contributed by atoms with E-state index in [9.17, 15) is 0 Å². The third-order valence-electron chi connectivity index (χ3n) is 5.95. The van der Waals surface area contributed by atoms with Gasteiger partial charge < -0.3 is 18.9 Å². The van der Waals surface area contributed by atoms with Gasteiger partial charge in [0.05, 0.1) is 28.4 Å². The number of ether oxygens (including phenoxy) is 4. The van der Waals surface area contributed by atoms with Crippen LogP contribution < -0.4 is 18.9 Å². The zero-order chi connectivity index (χ0) is 21.8. The highest BCUT2D eigenvalue weighted by molar-refractivity contribution is 5.50. The molecule has 1 aliphatic rings. The Balaban J connectivity index is 1.75. The Morgan fingerprint density at radius 2 is 1.32 bits per heavy atom. The van der Waals surface area contributed by atoms with Gasteiger partial charge in [0.1, 0.15) is 0 Å². The Kier molecular flexibility index (Phi) is 6.33. The average molecular weight is 420 g/mol. The van der Waals surface area contributed by atoms with E-state index >= 15 is 0 Å². The van der Waals surface area contributed by atoms with Gasteiger partial charge in [0.15, 0.2) is 23.0 Å². The van der Waals surface area contributed by atoms with Gasteiger partial charge in [-0.1, -0.05) is 36.4 Å². The van der Waals surface area contributed by atoms with E-state index < -0.39 is 0 Å². The number of hydrogen-bond donors (Lipinski definition) is 0. The Bertz CT molecular complexity index is 1040. The molecule has 0 spiro atoms. The molecule has 0 aliphatic carbocycles. The number of methoxy groups -OCH3 is 4. The largest absolute Gasteiger partial charge is 0.493 e. The van der Waals surface area contributed by atoms with Crippen LogP contribution >= 0.6 is 0 Å². The van der Waals surface area contributed by atoms with Crippen molar-refractivity contribution in [2.45, 2.75) is 25.6 Å². The number of benzene rings is 3. The standard InChI is InChI=1S/C26H29NO4/c1-28-23-11-10-19(13-24(23)29-2)22-12-20-14-25(30-3)26(31-4)15-21(20)17-27(22)16-18-8-6-5-7-9-18/h5-11,13-15,22H,12,16-17H2,1-4H3. The summed E-state index contributed by atoms with van der Waals surface area (Å²) in [6.45, 7) is 1.68. The van der Waals surface area contributed by atoms with Crippen molar-refractivity contribution in [2.75, 3.05) is 28.4 Å². The molecule has 5 nitrogen and oxygen atoms in total. The Morgan fingerprint density at radius 1 is 0.710 bits per heavy atom. The van der Waals surface area contributed by atoms with E-state index in [0.717, 1.165) is 42.5 Å². The Labute approximate surface area is 184 Å². The molecule has 0 radical (unpaired) electrons. The first-order valence-electron chi connectivity index (χ1n) is 10.4. The molecule has 4 rings (SSSR count). The summed E-state index contributed by atoms with van der Waals surface area (Å²) in [5.41, 5.74) is 5.04. The zero-order valence-electron chi connectivity index (χ0n) is 18.6. The summed E-state index contributed by atoms with van der Waals surface area (Å²) in [6, 6.07) is 21.2. The molecule has 3 aromatic rings. The van der Waals surface area contributed by atoms with Crippen molar-refractivity contribution in [1.29, 1.82) is 0 Å². The highest BCUT2D eigenvalue weighted by atomic mass is 16.5. The van der Waals surface area contributed by atoms with Gasteiger partial charge in [0, 0.05) is 19.1 Å². The maximum atomic E-state index is 5.58. The SMILES string of the molecule is COc1ccc(C2Cc3cc(OC)c(OC)cc3CN2Cc2ccccc2)cc1OC. The van der Waals surface area contributed by atoms with Gasteiger partial charge >= 0.3 is 0 Å². The van der Waals surface area contributed by atoms with Crippen molar-refractivity contribution >= 4 is 0 Å². The summed E-state index contributed by atoms with van der Waals surface area (Å²) < 4.78 is 22.1. The van der Waals surface area contributed by atoms with Crippen LogP contribution in [0.25, 0.3) is 0 Å². The summed E-state index contributed by atoms with van der Waals surface area (Å²) in [7, 11) is 6.70. The Hall–Kier alpha value is -3.18. The normalized spacial score (nSPS) is 15.8. The fourth-order valence-electron chi connectivity index (χ4n) is 4.34. The second-order valence-corrected chi connectivity index (χ2v) is 7.70. The van der Waals surface area contributed by atoms with Crippen LogP contribution in [0.5, 0.6) is 23.0 Å². The monoisotopic (exact) mass is 419 g/mol. The second kappa shape index (κ2) is 9.31. The highest BCUT2D eigenvalue weighted by Crippen LogP contribution is 2.41. The molecular weight excluding hydrogens is 390 g/mol. The lowest BCUT2D eigenvalue weighted by molar-refractivity contribution is 0.162. The molecule has 0 saturated heterocycles. The molecule has 1 atom stereocenters. The Morgan fingerprint density at radius 3 is 1.97 bits per heavy atom. The lowest BCUT2D eigenvalue weighted by Gasteiger charge is -2.38. The molecule has 31 heavy (non-hydrogen) atoms. The fourth-order valence-corrected chi connectivity index (χ4v) is 4.34. The van der Waals surface area contributed by atoms with Crippen LogP contribution in [0.4, 0.5) is 0 Å². The highest BCUT2D eigenvalue weighted by Gasteiger charge is 2.29. The van der Waals surface area contributed by atoms with Crippen LogP contribution in [0.15, 0.2) is 60.7 Å². The first-order chi connectivity index (χ1) is 15.2. The molecule has 0 saturated carbocycles. The number of hydrogen-bond acceptors (Lipinski definition) is 5. The summed E-state index contributed by atoms with van der Waals surface area (Å²) >= 11 is 0. The van der Waals surface area contributed by atoms with E-state index in [1.807, 2.05) is 6.07 Å². The van der Waals surface area contributed by atoms with E-state index in [0.29, 0.717) is 0 Å². The average Bonchev–Trinajstić information content (AvgIpc) is 2.82. The van der Waals surface area contributed by atoms with Gasteiger partial charge in [0.2, 0.25) is 0 Å². The fraction of sp³-hybridized carbons (Fsp3) is 0.308. The van der Waals surface area contributed by atoms with Crippen molar-refractivity contribution in [3.05, 3.63) is 82.9 Å². The van der Waals surface area contributed by atoms with Crippen LogP contribution in [-0.2, 0) is 19.5 Å². The molecule has 1 aliphatic heterocycles. The van der Waals surface area contributed by atoms with Crippen LogP contribution in [0.3, 0.4) is 0 Å². The summed E-state index contributed by atoms with van der Waals surface area (Å²) in [5, 5.41) is 0. The number of rotatable bonds is 7. The molecule has 1 heterocycles. The van der Waals surface area contributed by atoms with Crippen molar-refractivity contribution < 1.29 is 18.9 Å². The third-order valence-corrected chi connectivity index (χ3v) is 5.95. The smallest absolute Gasteiger partial charge is 0.161 e. The van der Waals surface area contributed by atoms with Gasteiger partial charge in [-0.05, 0) is 52.9 Å². The first-order valence-corrected chi connectivity index (χ1v) is 10.4. The first kappa shape index (κ1) is 21.1. The summed E-state index contributed by atoms with van der Waals surface area (Å²) in [4.78, 5) is 2.50. The molecule has 162 valence electrons. The van der Waals surface area contributed by atoms with Gasteiger partial charge in [-0.25, -0.2) is 0 Å². The minimum Gasteiger partial charge on any atom is -0.493 e. The minimum absolute atomic E-state index is 0.200. The van der Waals surface area contributed by atoms with Crippen molar-refractivity contribution in [1.82, 2.24) is 4.90 Å². The third kappa shape index (κ3) is 4.32. The minimum atomic E-state index is 0.200. The zero-order valence-corrected chi connectivity index (χ0v) is 18.6. The van der Waals surface area contributed by atoms with Crippen molar-refractivity contribution in [3.63, 3.8) is 0 Å². The second-order valence-electron chi connectivity index (χ2n) is 7.70. The van der Waals surface area contributed by atoms with Crippen molar-refractivity contribution in [2.24, 2.45) is 0 Å². The van der Waals surface area contributed by atoms with Crippen LogP contribution in [0, 0.1) is 0 Å². The summed E-state index contributed by atoms with van der Waals surface area (Å²) in [5.74, 6) is 3.02. The molecule has 0 bridgehead atoms. The van der Waals surface area contributed by atoms with E-state index in [4.69, 9.17) is 18.9 Å². The predicted molar refractivity (Wildman–Crippen MR) is 121 cm³/mol. The maximum Gasteiger partial charge on any atom is 0.161 e. The molecule has 0 aromatic heterocycles.